The summed E-state index contributed by atoms with van der Waals surface area (Å²) >= 11 is 6.05. The third kappa shape index (κ3) is 3.27. The van der Waals surface area contributed by atoms with Crippen LogP contribution in [-0.4, -0.2) is 28.9 Å². The van der Waals surface area contributed by atoms with Gasteiger partial charge in [0.15, 0.2) is 0 Å². The van der Waals surface area contributed by atoms with Crippen molar-refractivity contribution in [2.45, 2.75) is 18.8 Å². The summed E-state index contributed by atoms with van der Waals surface area (Å²) in [5.74, 6) is 0.0551. The molecule has 0 bridgehead atoms. The second kappa shape index (κ2) is 6.52. The Kier molecular flexibility index (Phi) is 4.22. The van der Waals surface area contributed by atoms with Crippen LogP contribution in [0.25, 0.3) is 10.9 Å². The molecule has 1 N–H and O–H groups in total. The van der Waals surface area contributed by atoms with Gasteiger partial charge in [-0.25, -0.2) is 4.39 Å². The van der Waals surface area contributed by atoms with Gasteiger partial charge in [0, 0.05) is 46.2 Å². The lowest BCUT2D eigenvalue weighted by atomic mass is 9.93. The van der Waals surface area contributed by atoms with Crippen molar-refractivity contribution in [2.75, 3.05) is 13.1 Å². The number of hydrogen-bond donors (Lipinski definition) is 1. The number of fused-ring (bicyclic) bond motifs is 1. The number of likely N-dealkylation sites (tertiary alicyclic amines) is 1. The number of H-pyrrole nitrogens is 1. The lowest BCUT2D eigenvalue weighted by Gasteiger charge is -2.31. The van der Waals surface area contributed by atoms with E-state index >= 15 is 0 Å². The highest BCUT2D eigenvalue weighted by Crippen LogP contribution is 2.31. The molecule has 3 aromatic rings. The van der Waals surface area contributed by atoms with Crippen molar-refractivity contribution in [3.05, 3.63) is 70.6 Å². The number of aromatic nitrogens is 1. The van der Waals surface area contributed by atoms with Crippen LogP contribution in [0.5, 0.6) is 0 Å². The summed E-state index contributed by atoms with van der Waals surface area (Å²) in [6.07, 6.45) is 1.82. The van der Waals surface area contributed by atoms with Crippen LogP contribution in [-0.2, 0) is 0 Å². The largest absolute Gasteiger partial charge is 0.358 e. The molecule has 4 rings (SSSR count). The summed E-state index contributed by atoms with van der Waals surface area (Å²) in [5, 5.41) is 1.85. The molecule has 1 fully saturated rings. The van der Waals surface area contributed by atoms with Crippen molar-refractivity contribution in [1.82, 2.24) is 9.88 Å². The summed E-state index contributed by atoms with van der Waals surface area (Å²) in [4.78, 5) is 17.8. The predicted octanol–water partition coefficient (Wildman–Crippen LogP) is 4.98. The number of amides is 1. The Morgan fingerprint density at radius 2 is 1.80 bits per heavy atom. The molecule has 1 aromatic heterocycles. The number of aromatic amines is 1. The molecule has 2 aromatic carbocycles. The van der Waals surface area contributed by atoms with E-state index in [0.29, 0.717) is 24.6 Å². The second-order valence-electron chi connectivity index (χ2n) is 6.53. The van der Waals surface area contributed by atoms with Crippen LogP contribution in [0.3, 0.4) is 0 Å². The Morgan fingerprint density at radius 1 is 1.08 bits per heavy atom. The zero-order valence-corrected chi connectivity index (χ0v) is 14.4. The average Bonchev–Trinajstić information content (AvgIpc) is 3.05. The molecule has 0 atom stereocenters. The molecule has 5 heteroatoms. The monoisotopic (exact) mass is 356 g/mol. The van der Waals surface area contributed by atoms with Crippen LogP contribution in [0, 0.1) is 5.82 Å². The lowest BCUT2D eigenvalue weighted by molar-refractivity contribution is 0.0712. The Labute approximate surface area is 150 Å². The third-order valence-corrected chi connectivity index (χ3v) is 5.15. The first-order valence-corrected chi connectivity index (χ1v) is 8.81. The van der Waals surface area contributed by atoms with Gasteiger partial charge >= 0.3 is 0 Å². The summed E-state index contributed by atoms with van der Waals surface area (Å²) < 4.78 is 13.0. The van der Waals surface area contributed by atoms with E-state index in [4.69, 9.17) is 11.6 Å². The van der Waals surface area contributed by atoms with E-state index < -0.39 is 0 Å². The van der Waals surface area contributed by atoms with Crippen molar-refractivity contribution in [3.8, 4) is 0 Å². The normalized spacial score (nSPS) is 15.7. The van der Waals surface area contributed by atoms with Crippen molar-refractivity contribution in [2.24, 2.45) is 0 Å². The summed E-state index contributed by atoms with van der Waals surface area (Å²) in [5.41, 5.74) is 2.83. The third-order valence-electron chi connectivity index (χ3n) is 4.92. The van der Waals surface area contributed by atoms with E-state index in [-0.39, 0.29) is 11.7 Å². The van der Waals surface area contributed by atoms with Gasteiger partial charge in [-0.15, -0.1) is 0 Å². The van der Waals surface area contributed by atoms with E-state index in [1.165, 1.54) is 17.8 Å². The second-order valence-corrected chi connectivity index (χ2v) is 6.97. The van der Waals surface area contributed by atoms with Crippen LogP contribution < -0.4 is 0 Å². The fourth-order valence-electron chi connectivity index (χ4n) is 3.51. The number of nitrogens with one attached hydrogen (secondary N) is 1. The lowest BCUT2D eigenvalue weighted by Crippen LogP contribution is -2.38. The minimum absolute atomic E-state index is 0.0260. The fraction of sp³-hybridized carbons (Fsp3) is 0.250. The van der Waals surface area contributed by atoms with Gasteiger partial charge in [-0.3, -0.25) is 4.79 Å². The molecule has 25 heavy (non-hydrogen) atoms. The molecule has 0 unspecified atom stereocenters. The van der Waals surface area contributed by atoms with Gasteiger partial charge in [0.2, 0.25) is 0 Å². The number of halogens is 2. The molecule has 0 radical (unpaired) electrons. The number of carbonyl (C=O) groups excluding carboxylic acids is 1. The van der Waals surface area contributed by atoms with Gasteiger partial charge in [-0.1, -0.05) is 11.6 Å². The Balaban J connectivity index is 1.45. The first-order chi connectivity index (χ1) is 12.1. The Bertz CT molecular complexity index is 911. The molecule has 1 amide bonds. The van der Waals surface area contributed by atoms with Crippen molar-refractivity contribution in [3.63, 3.8) is 0 Å². The minimum Gasteiger partial charge on any atom is -0.358 e. The van der Waals surface area contributed by atoms with Crippen LogP contribution in [0.15, 0.2) is 48.5 Å². The summed E-state index contributed by atoms with van der Waals surface area (Å²) in [7, 11) is 0. The summed E-state index contributed by atoms with van der Waals surface area (Å²) in [6, 6.07) is 13.7. The highest BCUT2D eigenvalue weighted by atomic mass is 35.5. The molecule has 1 aliphatic rings. The van der Waals surface area contributed by atoms with Crippen LogP contribution in [0.2, 0.25) is 5.02 Å². The zero-order chi connectivity index (χ0) is 17.4. The highest BCUT2D eigenvalue weighted by molar-refractivity contribution is 6.31. The number of carbonyl (C=O) groups is 1. The molecule has 0 saturated carbocycles. The fourth-order valence-corrected chi connectivity index (χ4v) is 3.70. The van der Waals surface area contributed by atoms with Crippen LogP contribution >= 0.6 is 11.6 Å². The van der Waals surface area contributed by atoms with Gasteiger partial charge < -0.3 is 9.88 Å². The summed E-state index contributed by atoms with van der Waals surface area (Å²) in [6.45, 7) is 1.41. The van der Waals surface area contributed by atoms with Crippen molar-refractivity contribution < 1.29 is 9.18 Å². The van der Waals surface area contributed by atoms with Gasteiger partial charge in [-0.2, -0.15) is 0 Å². The van der Waals surface area contributed by atoms with Gasteiger partial charge in [0.1, 0.15) is 5.82 Å². The molecule has 2 heterocycles. The van der Waals surface area contributed by atoms with Crippen LogP contribution in [0.4, 0.5) is 4.39 Å². The maximum absolute atomic E-state index is 13.0. The molecular formula is C20H18ClFN2O. The maximum atomic E-state index is 13.0. The topological polar surface area (TPSA) is 36.1 Å². The van der Waals surface area contributed by atoms with Crippen molar-refractivity contribution in [1.29, 1.82) is 0 Å². The Hall–Kier alpha value is -2.33. The number of piperidine rings is 1. The van der Waals surface area contributed by atoms with E-state index in [9.17, 15) is 9.18 Å². The van der Waals surface area contributed by atoms with Gasteiger partial charge in [0.25, 0.3) is 5.91 Å². The van der Waals surface area contributed by atoms with E-state index in [1.54, 1.807) is 12.1 Å². The molecule has 128 valence electrons. The minimum atomic E-state index is -0.325. The quantitative estimate of drug-likeness (QED) is 0.690. The van der Waals surface area contributed by atoms with Crippen LogP contribution in [0.1, 0.15) is 34.8 Å². The SMILES string of the molecule is O=C(c1ccc(F)cc1)N1CCC(c2cc3cc(Cl)ccc3[nH]2)CC1. The predicted molar refractivity (Wildman–Crippen MR) is 97.6 cm³/mol. The highest BCUT2D eigenvalue weighted by Gasteiger charge is 2.25. The van der Waals surface area contributed by atoms with E-state index in [1.807, 2.05) is 23.1 Å². The zero-order valence-electron chi connectivity index (χ0n) is 13.6. The Morgan fingerprint density at radius 3 is 2.52 bits per heavy atom. The van der Waals surface area contributed by atoms with E-state index in [0.717, 1.165) is 28.8 Å². The number of nitrogens with zero attached hydrogens (tertiary/aromatic N) is 1. The van der Waals surface area contributed by atoms with Crippen molar-refractivity contribution >= 4 is 28.4 Å². The van der Waals surface area contributed by atoms with E-state index in [2.05, 4.69) is 11.1 Å². The number of benzene rings is 2. The maximum Gasteiger partial charge on any atom is 0.253 e. The number of rotatable bonds is 2. The standard InChI is InChI=1S/C20H18ClFN2O/c21-16-3-6-18-15(11-16)12-19(23-18)13-7-9-24(10-8-13)20(25)14-1-4-17(22)5-2-14/h1-6,11-13,23H,7-10H2. The average molecular weight is 357 g/mol. The van der Waals surface area contributed by atoms with Gasteiger partial charge in [-0.05, 0) is 61.4 Å². The molecular weight excluding hydrogens is 339 g/mol. The first kappa shape index (κ1) is 16.2. The molecule has 3 nitrogen and oxygen atoms in total. The molecule has 0 spiro atoms. The number of hydrogen-bond acceptors (Lipinski definition) is 1. The molecule has 0 aliphatic carbocycles. The molecule has 1 aliphatic heterocycles. The smallest absolute Gasteiger partial charge is 0.253 e. The molecule has 1 saturated heterocycles. The van der Waals surface area contributed by atoms with Gasteiger partial charge in [0.05, 0.1) is 0 Å². The first-order valence-electron chi connectivity index (χ1n) is 8.43.